The van der Waals surface area contributed by atoms with Crippen LogP contribution in [0, 0.1) is 0 Å². The zero-order chi connectivity index (χ0) is 15.1. The van der Waals surface area contributed by atoms with E-state index in [0.717, 1.165) is 31.7 Å². The fourth-order valence-electron chi connectivity index (χ4n) is 2.58. The van der Waals surface area contributed by atoms with E-state index in [1.54, 1.807) is 6.20 Å². The molecule has 0 bridgehead atoms. The van der Waals surface area contributed by atoms with E-state index >= 15 is 0 Å². The molecule has 1 aromatic heterocycles. The minimum absolute atomic E-state index is 0.0763. The zero-order valence-corrected chi connectivity index (χ0v) is 13.1. The topological polar surface area (TPSA) is 48.5 Å². The Morgan fingerprint density at radius 1 is 1.33 bits per heavy atom. The summed E-state index contributed by atoms with van der Waals surface area (Å²) in [6.45, 7) is 3.82. The maximum Gasteiger partial charge on any atom is 0.269 e. The molecule has 1 aliphatic heterocycles. The van der Waals surface area contributed by atoms with E-state index < -0.39 is 0 Å². The normalized spacial score (nSPS) is 15.3. The molecule has 0 spiro atoms. The number of rotatable bonds is 6. The number of anilines is 1. The Bertz CT molecular complexity index is 455. The van der Waals surface area contributed by atoms with Crippen molar-refractivity contribution in [2.24, 2.45) is 0 Å². The van der Waals surface area contributed by atoms with E-state index in [-0.39, 0.29) is 5.91 Å². The van der Waals surface area contributed by atoms with Gasteiger partial charge in [-0.3, -0.25) is 9.78 Å². The first-order valence-corrected chi connectivity index (χ1v) is 7.81. The summed E-state index contributed by atoms with van der Waals surface area (Å²) in [5, 5.41) is 2.94. The molecule has 1 N–H and O–H groups in total. The Morgan fingerprint density at radius 2 is 2.10 bits per heavy atom. The van der Waals surface area contributed by atoms with Gasteiger partial charge in [-0.1, -0.05) is 0 Å². The van der Waals surface area contributed by atoms with Crippen molar-refractivity contribution in [1.82, 2.24) is 15.2 Å². The van der Waals surface area contributed by atoms with Crippen molar-refractivity contribution < 1.29 is 4.79 Å². The van der Waals surface area contributed by atoms with Crippen LogP contribution in [-0.4, -0.2) is 56.1 Å². The Labute approximate surface area is 127 Å². The van der Waals surface area contributed by atoms with Crippen LogP contribution in [0.25, 0.3) is 0 Å². The van der Waals surface area contributed by atoms with Crippen LogP contribution in [0.3, 0.4) is 0 Å². The molecule has 2 rings (SSSR count). The molecule has 1 aliphatic rings. The summed E-state index contributed by atoms with van der Waals surface area (Å²) >= 11 is 0. The molecule has 116 valence electrons. The van der Waals surface area contributed by atoms with E-state index in [9.17, 15) is 4.79 Å². The lowest BCUT2D eigenvalue weighted by Crippen LogP contribution is -2.30. The smallest absolute Gasteiger partial charge is 0.269 e. The number of hydrogen-bond donors (Lipinski definition) is 1. The summed E-state index contributed by atoms with van der Waals surface area (Å²) in [7, 11) is 4.07. The first-order valence-electron chi connectivity index (χ1n) is 7.81. The number of pyridine rings is 1. The summed E-state index contributed by atoms with van der Waals surface area (Å²) in [5.41, 5.74) is 1.63. The van der Waals surface area contributed by atoms with Crippen LogP contribution in [0.4, 0.5) is 5.69 Å². The van der Waals surface area contributed by atoms with Crippen LogP contribution >= 0.6 is 0 Å². The molecule has 1 fully saturated rings. The summed E-state index contributed by atoms with van der Waals surface area (Å²) < 4.78 is 0. The van der Waals surface area contributed by atoms with Crippen LogP contribution in [0.2, 0.25) is 0 Å². The quantitative estimate of drug-likeness (QED) is 0.811. The van der Waals surface area contributed by atoms with Gasteiger partial charge in [-0.15, -0.1) is 0 Å². The number of carbonyl (C=O) groups is 1. The monoisotopic (exact) mass is 290 g/mol. The second kappa shape index (κ2) is 7.98. The number of carbonyl (C=O) groups excluding carboxylic acids is 1. The number of piperidine rings is 1. The number of nitrogens with one attached hydrogen (secondary N) is 1. The third kappa shape index (κ3) is 5.01. The van der Waals surface area contributed by atoms with Crippen molar-refractivity contribution in [3.63, 3.8) is 0 Å². The second-order valence-corrected chi connectivity index (χ2v) is 5.86. The molecule has 0 unspecified atom stereocenters. The minimum atomic E-state index is -0.0763. The van der Waals surface area contributed by atoms with Crippen LogP contribution < -0.4 is 10.2 Å². The molecule has 1 aromatic rings. The first kappa shape index (κ1) is 15.8. The van der Waals surface area contributed by atoms with E-state index in [4.69, 9.17) is 0 Å². The lowest BCUT2D eigenvalue weighted by molar-refractivity contribution is 0.0947. The lowest BCUT2D eigenvalue weighted by atomic mass is 10.1. The molecule has 0 saturated carbocycles. The average molecular weight is 290 g/mol. The summed E-state index contributed by atoms with van der Waals surface area (Å²) in [6, 6.07) is 3.90. The molecule has 5 nitrogen and oxygen atoms in total. The predicted octanol–water partition coefficient (Wildman–Crippen LogP) is 1.75. The Balaban J connectivity index is 1.88. The summed E-state index contributed by atoms with van der Waals surface area (Å²) in [4.78, 5) is 20.8. The molecule has 2 heterocycles. The van der Waals surface area contributed by atoms with Gasteiger partial charge in [0.1, 0.15) is 5.69 Å². The van der Waals surface area contributed by atoms with Gasteiger partial charge in [-0.25, -0.2) is 0 Å². The minimum Gasteiger partial charge on any atom is -0.371 e. The summed E-state index contributed by atoms with van der Waals surface area (Å²) in [6.07, 6.45) is 6.45. The molecular weight excluding hydrogens is 264 g/mol. The molecule has 0 radical (unpaired) electrons. The van der Waals surface area contributed by atoms with Crippen LogP contribution in [0.5, 0.6) is 0 Å². The van der Waals surface area contributed by atoms with Crippen LogP contribution in [0.1, 0.15) is 36.2 Å². The third-order valence-corrected chi connectivity index (χ3v) is 3.77. The maximum atomic E-state index is 12.1. The van der Waals surface area contributed by atoms with Gasteiger partial charge in [0.25, 0.3) is 5.91 Å². The van der Waals surface area contributed by atoms with Gasteiger partial charge < -0.3 is 15.1 Å². The largest absolute Gasteiger partial charge is 0.371 e. The Hall–Kier alpha value is -1.62. The molecule has 0 aromatic carbocycles. The number of amides is 1. The third-order valence-electron chi connectivity index (χ3n) is 3.77. The van der Waals surface area contributed by atoms with Gasteiger partial charge in [0.2, 0.25) is 0 Å². The predicted molar refractivity (Wildman–Crippen MR) is 85.8 cm³/mol. The van der Waals surface area contributed by atoms with Crippen molar-refractivity contribution in [3.05, 3.63) is 24.0 Å². The average Bonchev–Trinajstić information content (AvgIpc) is 2.52. The van der Waals surface area contributed by atoms with Crippen molar-refractivity contribution in [2.45, 2.75) is 25.7 Å². The first-order chi connectivity index (χ1) is 10.2. The molecule has 0 aliphatic carbocycles. The Kier molecular flexibility index (Phi) is 5.99. The van der Waals surface area contributed by atoms with Gasteiger partial charge in [-0.05, 0) is 58.5 Å². The second-order valence-electron chi connectivity index (χ2n) is 5.86. The van der Waals surface area contributed by atoms with E-state index in [2.05, 4.69) is 20.1 Å². The molecule has 5 heteroatoms. The highest BCUT2D eigenvalue weighted by molar-refractivity contribution is 5.93. The van der Waals surface area contributed by atoms with E-state index in [1.807, 2.05) is 26.2 Å². The van der Waals surface area contributed by atoms with Gasteiger partial charge in [0.05, 0.1) is 0 Å². The molecule has 0 atom stereocenters. The van der Waals surface area contributed by atoms with Crippen molar-refractivity contribution in [3.8, 4) is 0 Å². The lowest BCUT2D eigenvalue weighted by Gasteiger charge is -2.28. The highest BCUT2D eigenvalue weighted by Gasteiger charge is 2.13. The highest BCUT2D eigenvalue weighted by Crippen LogP contribution is 2.19. The van der Waals surface area contributed by atoms with Gasteiger partial charge >= 0.3 is 0 Å². The molecule has 1 amide bonds. The van der Waals surface area contributed by atoms with Crippen molar-refractivity contribution in [1.29, 1.82) is 0 Å². The van der Waals surface area contributed by atoms with Crippen molar-refractivity contribution >= 4 is 11.6 Å². The standard InChI is InChI=1S/C16H26N4O/c1-19(2)10-6-8-18-16(21)15-13-14(7-9-17-15)20-11-4-3-5-12-20/h7,9,13H,3-6,8,10-12H2,1-2H3,(H,18,21). The molecule has 1 saturated heterocycles. The van der Waals surface area contributed by atoms with Crippen molar-refractivity contribution in [2.75, 3.05) is 45.2 Å². The SMILES string of the molecule is CN(C)CCCNC(=O)c1cc(N2CCCCC2)ccn1. The van der Waals surface area contributed by atoms with E-state index in [1.165, 1.54) is 19.3 Å². The van der Waals surface area contributed by atoms with Gasteiger partial charge in [-0.2, -0.15) is 0 Å². The van der Waals surface area contributed by atoms with Crippen LogP contribution in [-0.2, 0) is 0 Å². The van der Waals surface area contributed by atoms with Gasteiger partial charge in [0.15, 0.2) is 0 Å². The fourth-order valence-corrected chi connectivity index (χ4v) is 2.58. The number of aromatic nitrogens is 1. The Morgan fingerprint density at radius 3 is 2.81 bits per heavy atom. The fraction of sp³-hybridized carbons (Fsp3) is 0.625. The van der Waals surface area contributed by atoms with Crippen LogP contribution in [0.15, 0.2) is 18.3 Å². The van der Waals surface area contributed by atoms with Gasteiger partial charge in [0, 0.05) is 31.5 Å². The number of hydrogen-bond acceptors (Lipinski definition) is 4. The number of nitrogens with zero attached hydrogens (tertiary/aromatic N) is 3. The highest BCUT2D eigenvalue weighted by atomic mass is 16.1. The molecule has 21 heavy (non-hydrogen) atoms. The molecular formula is C16H26N4O. The zero-order valence-electron chi connectivity index (χ0n) is 13.1. The summed E-state index contributed by atoms with van der Waals surface area (Å²) in [5.74, 6) is -0.0763. The maximum absolute atomic E-state index is 12.1. The van der Waals surface area contributed by atoms with E-state index in [0.29, 0.717) is 12.2 Å².